The quantitative estimate of drug-likeness (QED) is 0.0744. The molecular weight excluding hydrogens is 392 g/mol. The maximum absolute atomic E-state index is 11.5. The highest BCUT2D eigenvalue weighted by Crippen LogP contribution is 2.20. The minimum absolute atomic E-state index is 0.268. The van der Waals surface area contributed by atoms with Crippen molar-refractivity contribution in [1.82, 2.24) is 0 Å². The molecule has 0 aromatic rings. The van der Waals surface area contributed by atoms with Gasteiger partial charge in [-0.3, -0.25) is 0 Å². The fourth-order valence-corrected chi connectivity index (χ4v) is 4.59. The molecular formula is C30H58O2. The lowest BCUT2D eigenvalue weighted by atomic mass is 9.94. The van der Waals surface area contributed by atoms with Crippen LogP contribution in [0.25, 0.3) is 0 Å². The number of esters is 1. The van der Waals surface area contributed by atoms with Gasteiger partial charge in [-0.15, -0.1) is 0 Å². The van der Waals surface area contributed by atoms with E-state index < -0.39 is 0 Å². The van der Waals surface area contributed by atoms with Gasteiger partial charge in [0.2, 0.25) is 0 Å². The molecule has 0 heterocycles. The molecule has 0 aliphatic heterocycles. The van der Waals surface area contributed by atoms with Crippen LogP contribution in [0, 0.1) is 5.92 Å². The van der Waals surface area contributed by atoms with Crippen LogP contribution in [-0.2, 0) is 9.53 Å². The second-order valence-corrected chi connectivity index (χ2v) is 10.00. The third-order valence-electron chi connectivity index (χ3n) is 6.81. The largest absolute Gasteiger partial charge is 0.462 e. The number of unbranched alkanes of at least 4 members (excludes halogenated alkanes) is 19. The number of carbonyl (C=O) groups excluding carboxylic acids is 1. The van der Waals surface area contributed by atoms with Gasteiger partial charge in [0, 0.05) is 6.08 Å². The number of carbonyl (C=O) groups is 1. The van der Waals surface area contributed by atoms with Crippen LogP contribution >= 0.6 is 0 Å². The Hall–Kier alpha value is -0.790. The zero-order valence-corrected chi connectivity index (χ0v) is 22.1. The first-order valence-corrected chi connectivity index (χ1v) is 14.5. The summed E-state index contributed by atoms with van der Waals surface area (Å²) in [5.41, 5.74) is 0. The van der Waals surface area contributed by atoms with Gasteiger partial charge in [-0.2, -0.15) is 0 Å². The molecule has 2 heteroatoms. The highest BCUT2D eigenvalue weighted by molar-refractivity contribution is 5.81. The summed E-state index contributed by atoms with van der Waals surface area (Å²) < 4.78 is 5.38. The number of ether oxygens (including phenoxy) is 1. The van der Waals surface area contributed by atoms with Crippen LogP contribution in [0.4, 0.5) is 0 Å². The van der Waals surface area contributed by atoms with Crippen LogP contribution in [-0.4, -0.2) is 12.6 Å². The van der Waals surface area contributed by atoms with Crippen molar-refractivity contribution in [3.8, 4) is 0 Å². The lowest BCUT2D eigenvalue weighted by Crippen LogP contribution is -2.13. The lowest BCUT2D eigenvalue weighted by Gasteiger charge is -2.16. The summed E-state index contributed by atoms with van der Waals surface area (Å²) in [6, 6.07) is 0. The molecule has 0 rings (SSSR count). The monoisotopic (exact) mass is 450 g/mol. The summed E-state index contributed by atoms with van der Waals surface area (Å²) in [4.78, 5) is 11.5. The summed E-state index contributed by atoms with van der Waals surface area (Å²) in [7, 11) is 0. The Morgan fingerprint density at radius 2 is 0.906 bits per heavy atom. The average molecular weight is 451 g/mol. The molecule has 0 aromatic carbocycles. The van der Waals surface area contributed by atoms with Crippen molar-refractivity contribution in [2.24, 2.45) is 5.92 Å². The van der Waals surface area contributed by atoms with E-state index in [-0.39, 0.29) is 5.97 Å². The normalized spacial score (nSPS) is 12.1. The molecule has 0 spiro atoms. The molecule has 0 fully saturated rings. The molecule has 0 aliphatic carbocycles. The first-order valence-electron chi connectivity index (χ1n) is 14.5. The standard InChI is InChI=1S/C30H58O2/c1-4-7-9-11-13-14-15-16-17-18-19-21-23-25-27-29(28-32-30(31)6-3)26-24-22-20-12-10-8-5-2/h6,29H,3-5,7-28H2,1-2H3. The maximum Gasteiger partial charge on any atom is 0.330 e. The second-order valence-electron chi connectivity index (χ2n) is 10.00. The fourth-order valence-electron chi connectivity index (χ4n) is 4.59. The van der Waals surface area contributed by atoms with E-state index in [1.165, 1.54) is 154 Å². The number of hydrogen-bond donors (Lipinski definition) is 0. The van der Waals surface area contributed by atoms with E-state index in [2.05, 4.69) is 20.4 Å². The summed E-state index contributed by atoms with van der Waals surface area (Å²) in [6.07, 6.45) is 32.7. The molecule has 0 saturated carbocycles. The predicted molar refractivity (Wildman–Crippen MR) is 142 cm³/mol. The Bertz CT molecular complexity index is 390. The zero-order valence-electron chi connectivity index (χ0n) is 22.1. The molecule has 0 saturated heterocycles. The molecule has 1 unspecified atom stereocenters. The predicted octanol–water partition coefficient (Wildman–Crippen LogP) is 10.3. The van der Waals surface area contributed by atoms with E-state index in [0.717, 1.165) is 0 Å². The van der Waals surface area contributed by atoms with Gasteiger partial charge in [-0.25, -0.2) is 4.79 Å². The van der Waals surface area contributed by atoms with Gasteiger partial charge in [0.25, 0.3) is 0 Å². The molecule has 0 N–H and O–H groups in total. The van der Waals surface area contributed by atoms with Gasteiger partial charge in [0.15, 0.2) is 0 Å². The van der Waals surface area contributed by atoms with Gasteiger partial charge < -0.3 is 4.74 Å². The lowest BCUT2D eigenvalue weighted by molar-refractivity contribution is -0.139. The summed E-state index contributed by atoms with van der Waals surface area (Å²) >= 11 is 0. The van der Waals surface area contributed by atoms with Gasteiger partial charge in [0.1, 0.15) is 0 Å². The highest BCUT2D eigenvalue weighted by Gasteiger charge is 2.11. The zero-order chi connectivity index (χ0) is 23.5. The molecule has 0 bridgehead atoms. The Labute approximate surface area is 202 Å². The topological polar surface area (TPSA) is 26.3 Å². The third-order valence-corrected chi connectivity index (χ3v) is 6.81. The van der Waals surface area contributed by atoms with Crippen molar-refractivity contribution in [2.75, 3.05) is 6.61 Å². The van der Waals surface area contributed by atoms with Crippen molar-refractivity contribution in [2.45, 2.75) is 162 Å². The first-order chi connectivity index (χ1) is 15.7. The molecule has 190 valence electrons. The van der Waals surface area contributed by atoms with E-state index in [0.29, 0.717) is 12.5 Å². The van der Waals surface area contributed by atoms with Crippen molar-refractivity contribution in [3.05, 3.63) is 12.7 Å². The summed E-state index contributed by atoms with van der Waals surface area (Å²) in [6.45, 7) is 8.66. The van der Waals surface area contributed by atoms with Crippen molar-refractivity contribution in [3.63, 3.8) is 0 Å². The van der Waals surface area contributed by atoms with Gasteiger partial charge in [-0.05, 0) is 18.8 Å². The Balaban J connectivity index is 3.66. The number of hydrogen-bond acceptors (Lipinski definition) is 2. The fraction of sp³-hybridized carbons (Fsp3) is 0.900. The van der Waals surface area contributed by atoms with Crippen LogP contribution in [0.1, 0.15) is 162 Å². The third kappa shape index (κ3) is 23.9. The second kappa shape index (κ2) is 26.5. The summed E-state index contributed by atoms with van der Waals surface area (Å²) in [5, 5.41) is 0. The van der Waals surface area contributed by atoms with Crippen molar-refractivity contribution < 1.29 is 9.53 Å². The molecule has 32 heavy (non-hydrogen) atoms. The van der Waals surface area contributed by atoms with Crippen LogP contribution in [0.2, 0.25) is 0 Å². The van der Waals surface area contributed by atoms with E-state index >= 15 is 0 Å². The molecule has 0 aromatic heterocycles. The Morgan fingerprint density at radius 3 is 1.22 bits per heavy atom. The molecule has 1 atom stereocenters. The maximum atomic E-state index is 11.5. The van der Waals surface area contributed by atoms with E-state index in [1.807, 2.05) is 0 Å². The minimum Gasteiger partial charge on any atom is -0.462 e. The van der Waals surface area contributed by atoms with E-state index in [9.17, 15) is 4.79 Å². The summed E-state index contributed by atoms with van der Waals surface area (Å²) in [5.74, 6) is 0.266. The van der Waals surface area contributed by atoms with Crippen molar-refractivity contribution in [1.29, 1.82) is 0 Å². The van der Waals surface area contributed by atoms with Crippen LogP contribution in [0.15, 0.2) is 12.7 Å². The Kier molecular flexibility index (Phi) is 25.8. The van der Waals surface area contributed by atoms with Crippen LogP contribution in [0.5, 0.6) is 0 Å². The highest BCUT2D eigenvalue weighted by atomic mass is 16.5. The van der Waals surface area contributed by atoms with Crippen LogP contribution < -0.4 is 0 Å². The minimum atomic E-state index is -0.268. The van der Waals surface area contributed by atoms with Crippen molar-refractivity contribution >= 4 is 5.97 Å². The van der Waals surface area contributed by atoms with Gasteiger partial charge in [0.05, 0.1) is 6.61 Å². The average Bonchev–Trinajstić information content (AvgIpc) is 2.81. The van der Waals surface area contributed by atoms with Crippen LogP contribution in [0.3, 0.4) is 0 Å². The SMILES string of the molecule is C=CC(=O)OCC(CCCCCCCCC)CCCCCCCCCCCCCCCC. The molecule has 0 radical (unpaired) electrons. The molecule has 0 amide bonds. The number of rotatable bonds is 26. The van der Waals surface area contributed by atoms with E-state index in [4.69, 9.17) is 4.74 Å². The molecule has 0 aliphatic rings. The van der Waals surface area contributed by atoms with E-state index in [1.54, 1.807) is 0 Å². The molecule has 2 nitrogen and oxygen atoms in total. The first kappa shape index (κ1) is 31.2. The van der Waals surface area contributed by atoms with Gasteiger partial charge in [-0.1, -0.05) is 155 Å². The Morgan fingerprint density at radius 1 is 0.594 bits per heavy atom. The van der Waals surface area contributed by atoms with Gasteiger partial charge >= 0.3 is 5.97 Å². The smallest absolute Gasteiger partial charge is 0.330 e.